The van der Waals surface area contributed by atoms with Crippen LogP contribution in [0.1, 0.15) is 26.7 Å². The van der Waals surface area contributed by atoms with Crippen LogP contribution in [0, 0.1) is 0 Å². The fourth-order valence-corrected chi connectivity index (χ4v) is 2.66. The van der Waals surface area contributed by atoms with Crippen molar-refractivity contribution in [3.05, 3.63) is 0 Å². The molecule has 1 aliphatic carbocycles. The van der Waals surface area contributed by atoms with Crippen LogP contribution in [-0.2, 0) is 4.79 Å². The van der Waals surface area contributed by atoms with Crippen molar-refractivity contribution >= 4 is 5.91 Å². The number of piperazine rings is 1. The third-order valence-corrected chi connectivity index (χ3v) is 4.03. The van der Waals surface area contributed by atoms with E-state index in [1.165, 1.54) is 0 Å². The Morgan fingerprint density at radius 3 is 2.25 bits per heavy atom. The molecule has 0 spiro atoms. The minimum atomic E-state index is -4.34. The van der Waals surface area contributed by atoms with Crippen LogP contribution < -0.4 is 5.32 Å². The minimum absolute atomic E-state index is 0.230. The highest BCUT2D eigenvalue weighted by atomic mass is 19.4. The SMILES string of the molecule is CC(C)(C(=O)N(CC(F)(F)F)C1CC1)N1CCNCC1. The maximum absolute atomic E-state index is 12.7. The molecule has 0 radical (unpaired) electrons. The summed E-state index contributed by atoms with van der Waals surface area (Å²) in [7, 11) is 0. The predicted molar refractivity (Wildman–Crippen MR) is 69.3 cm³/mol. The molecule has 4 nitrogen and oxygen atoms in total. The number of halogens is 3. The molecule has 0 atom stereocenters. The molecule has 1 aliphatic heterocycles. The lowest BCUT2D eigenvalue weighted by Gasteiger charge is -2.42. The molecule has 1 heterocycles. The van der Waals surface area contributed by atoms with Crippen molar-refractivity contribution in [1.29, 1.82) is 0 Å². The first-order chi connectivity index (χ1) is 9.22. The maximum atomic E-state index is 12.7. The first-order valence-electron chi connectivity index (χ1n) is 7.05. The number of carbonyl (C=O) groups is 1. The monoisotopic (exact) mass is 293 g/mol. The van der Waals surface area contributed by atoms with E-state index in [-0.39, 0.29) is 6.04 Å². The molecule has 116 valence electrons. The van der Waals surface area contributed by atoms with E-state index >= 15 is 0 Å². The predicted octanol–water partition coefficient (Wildman–Crippen LogP) is 1.22. The minimum Gasteiger partial charge on any atom is -0.329 e. The average Bonchev–Trinajstić information content (AvgIpc) is 3.19. The quantitative estimate of drug-likeness (QED) is 0.846. The highest BCUT2D eigenvalue weighted by Gasteiger charge is 2.46. The van der Waals surface area contributed by atoms with Crippen molar-refractivity contribution < 1.29 is 18.0 Å². The molecule has 1 saturated carbocycles. The summed E-state index contributed by atoms with van der Waals surface area (Å²) in [5.74, 6) is -0.403. The van der Waals surface area contributed by atoms with Crippen LogP contribution in [-0.4, -0.2) is 66.2 Å². The molecule has 0 aromatic carbocycles. The Bertz CT molecular complexity index is 360. The lowest BCUT2D eigenvalue weighted by atomic mass is 9.99. The van der Waals surface area contributed by atoms with Gasteiger partial charge in [0.25, 0.3) is 0 Å². The molecular weight excluding hydrogens is 271 g/mol. The van der Waals surface area contributed by atoms with Crippen molar-refractivity contribution in [3.63, 3.8) is 0 Å². The summed E-state index contributed by atoms with van der Waals surface area (Å²) >= 11 is 0. The second kappa shape index (κ2) is 5.52. The van der Waals surface area contributed by atoms with Gasteiger partial charge < -0.3 is 10.2 Å². The number of nitrogens with one attached hydrogen (secondary N) is 1. The maximum Gasteiger partial charge on any atom is 0.406 e. The zero-order chi connectivity index (χ0) is 15.0. The number of hydrogen-bond acceptors (Lipinski definition) is 3. The van der Waals surface area contributed by atoms with Crippen molar-refractivity contribution in [2.45, 2.75) is 44.4 Å². The van der Waals surface area contributed by atoms with Gasteiger partial charge >= 0.3 is 6.18 Å². The van der Waals surface area contributed by atoms with E-state index in [1.54, 1.807) is 13.8 Å². The summed E-state index contributed by atoms with van der Waals surface area (Å²) in [6.07, 6.45) is -2.98. The van der Waals surface area contributed by atoms with Gasteiger partial charge in [-0.3, -0.25) is 9.69 Å². The number of amides is 1. The van der Waals surface area contributed by atoms with Gasteiger partial charge in [-0.2, -0.15) is 13.2 Å². The first-order valence-corrected chi connectivity index (χ1v) is 7.05. The lowest BCUT2D eigenvalue weighted by molar-refractivity contribution is -0.169. The summed E-state index contributed by atoms with van der Waals surface area (Å²) in [5.41, 5.74) is -0.879. The third kappa shape index (κ3) is 3.63. The third-order valence-electron chi connectivity index (χ3n) is 4.03. The summed E-state index contributed by atoms with van der Waals surface area (Å²) in [6.45, 7) is 5.22. The topological polar surface area (TPSA) is 35.6 Å². The van der Waals surface area contributed by atoms with Gasteiger partial charge in [-0.1, -0.05) is 0 Å². The van der Waals surface area contributed by atoms with Crippen LogP contribution in [0.15, 0.2) is 0 Å². The number of rotatable bonds is 4. The van der Waals surface area contributed by atoms with E-state index < -0.39 is 24.2 Å². The Hall–Kier alpha value is -0.820. The number of carbonyl (C=O) groups excluding carboxylic acids is 1. The van der Waals surface area contributed by atoms with Gasteiger partial charge in [0.05, 0.1) is 5.54 Å². The summed E-state index contributed by atoms with van der Waals surface area (Å²) < 4.78 is 38.0. The normalized spacial score (nSPS) is 21.9. The molecule has 0 aromatic heterocycles. The lowest BCUT2D eigenvalue weighted by Crippen LogP contribution is -2.61. The van der Waals surface area contributed by atoms with E-state index in [1.807, 2.05) is 4.90 Å². The Morgan fingerprint density at radius 1 is 1.25 bits per heavy atom. The van der Waals surface area contributed by atoms with Gasteiger partial charge in [-0.25, -0.2) is 0 Å². The van der Waals surface area contributed by atoms with Crippen LogP contribution in [0.25, 0.3) is 0 Å². The van der Waals surface area contributed by atoms with Crippen molar-refractivity contribution in [2.75, 3.05) is 32.7 Å². The van der Waals surface area contributed by atoms with E-state index in [9.17, 15) is 18.0 Å². The Morgan fingerprint density at radius 2 is 1.80 bits per heavy atom. The van der Waals surface area contributed by atoms with Gasteiger partial charge in [-0.15, -0.1) is 0 Å². The molecule has 1 amide bonds. The highest BCUT2D eigenvalue weighted by molar-refractivity contribution is 5.86. The zero-order valence-corrected chi connectivity index (χ0v) is 12.0. The molecular formula is C13H22F3N3O. The van der Waals surface area contributed by atoms with Gasteiger partial charge in [0.1, 0.15) is 6.54 Å². The number of hydrogen-bond donors (Lipinski definition) is 1. The van der Waals surface area contributed by atoms with Crippen LogP contribution in [0.2, 0.25) is 0 Å². The van der Waals surface area contributed by atoms with Crippen molar-refractivity contribution in [3.8, 4) is 0 Å². The fourth-order valence-electron chi connectivity index (χ4n) is 2.66. The van der Waals surface area contributed by atoms with E-state index in [0.717, 1.165) is 18.0 Å². The molecule has 7 heteroatoms. The molecule has 1 saturated heterocycles. The standard InChI is InChI=1S/C13H22F3N3O/c1-12(2,18-7-5-17-6-8-18)11(20)19(10-3-4-10)9-13(14,15)16/h10,17H,3-9H2,1-2H3. The number of alkyl halides is 3. The molecule has 0 bridgehead atoms. The largest absolute Gasteiger partial charge is 0.406 e. The zero-order valence-electron chi connectivity index (χ0n) is 12.0. The van der Waals surface area contributed by atoms with Crippen molar-refractivity contribution in [1.82, 2.24) is 15.1 Å². The first kappa shape index (κ1) is 15.6. The average molecular weight is 293 g/mol. The van der Waals surface area contributed by atoms with E-state index in [2.05, 4.69) is 5.32 Å². The van der Waals surface area contributed by atoms with Crippen molar-refractivity contribution in [2.24, 2.45) is 0 Å². The second-order valence-electron chi connectivity index (χ2n) is 6.08. The molecule has 2 fully saturated rings. The second-order valence-corrected chi connectivity index (χ2v) is 6.08. The summed E-state index contributed by atoms with van der Waals surface area (Å²) in [6, 6.07) is -0.230. The summed E-state index contributed by atoms with van der Waals surface area (Å²) in [4.78, 5) is 15.6. The molecule has 0 unspecified atom stereocenters. The fraction of sp³-hybridized carbons (Fsp3) is 0.923. The summed E-state index contributed by atoms with van der Waals surface area (Å²) in [5, 5.41) is 3.18. The Labute approximate surface area is 117 Å². The van der Waals surface area contributed by atoms with Gasteiger partial charge in [0.15, 0.2) is 0 Å². The molecule has 20 heavy (non-hydrogen) atoms. The molecule has 2 aliphatic rings. The van der Waals surface area contributed by atoms with Crippen LogP contribution in [0.4, 0.5) is 13.2 Å². The van der Waals surface area contributed by atoms with Gasteiger partial charge in [0, 0.05) is 32.2 Å². The van der Waals surface area contributed by atoms with Crippen LogP contribution in [0.5, 0.6) is 0 Å². The molecule has 0 aromatic rings. The van der Waals surface area contributed by atoms with E-state index in [4.69, 9.17) is 0 Å². The Kier molecular flexibility index (Phi) is 4.30. The molecule has 2 rings (SSSR count). The van der Waals surface area contributed by atoms with Gasteiger partial charge in [0.2, 0.25) is 5.91 Å². The molecule has 1 N–H and O–H groups in total. The van der Waals surface area contributed by atoms with Gasteiger partial charge in [-0.05, 0) is 26.7 Å². The van der Waals surface area contributed by atoms with E-state index in [0.29, 0.717) is 25.9 Å². The highest BCUT2D eigenvalue weighted by Crippen LogP contribution is 2.33. The Balaban J connectivity index is 2.09. The number of nitrogens with zero attached hydrogens (tertiary/aromatic N) is 2. The van der Waals surface area contributed by atoms with Crippen LogP contribution >= 0.6 is 0 Å². The van der Waals surface area contributed by atoms with Crippen LogP contribution in [0.3, 0.4) is 0 Å². The smallest absolute Gasteiger partial charge is 0.329 e.